The molecule has 0 aliphatic heterocycles. The molecule has 4 aromatic rings. The van der Waals surface area contributed by atoms with E-state index in [2.05, 4.69) is 169 Å². The van der Waals surface area contributed by atoms with Crippen LogP contribution in [0.2, 0.25) is 0 Å². The summed E-state index contributed by atoms with van der Waals surface area (Å²) in [6.07, 6.45) is 28.3. The Morgan fingerprint density at radius 2 is 0.640 bits per heavy atom. The van der Waals surface area contributed by atoms with Gasteiger partial charge in [-0.3, -0.25) is 0 Å². The van der Waals surface area contributed by atoms with Gasteiger partial charge in [0.05, 0.1) is 0 Å². The molecule has 0 N–H and O–H groups in total. The van der Waals surface area contributed by atoms with Crippen LogP contribution in [0.15, 0.2) is 97.6 Å². The third-order valence-corrected chi connectivity index (χ3v) is 9.40. The number of rotatable bonds is 21. The highest BCUT2D eigenvalue weighted by molar-refractivity contribution is 5.71. The molecule has 0 aliphatic carbocycles. The number of unbranched alkanes of at least 4 members (excludes halogenated alkanes) is 7. The first-order chi connectivity index (χ1) is 23.6. The molecular weight excluding hydrogens is 744 g/mol. The van der Waals surface area contributed by atoms with Gasteiger partial charge in [-0.15, -0.1) is 0 Å². The predicted octanol–water partition coefficient (Wildman–Crippen LogP) is 4.12. The molecule has 0 radical (unpaired) electrons. The van der Waals surface area contributed by atoms with E-state index in [1.807, 2.05) is 0 Å². The topological polar surface area (TPSA) is 14.2 Å². The van der Waals surface area contributed by atoms with Gasteiger partial charge in [0.2, 0.25) is 0 Å². The summed E-state index contributed by atoms with van der Waals surface area (Å²) in [5.41, 5.74) is 7.56. The summed E-state index contributed by atoms with van der Waals surface area (Å²) in [4.78, 5) is 4.75. The quantitative estimate of drug-likeness (QED) is 0.0931. The van der Waals surface area contributed by atoms with E-state index in [4.69, 9.17) is 0 Å². The molecular formula is C44H60Br2N4. The average Bonchev–Trinajstić information content (AvgIpc) is 3.13. The van der Waals surface area contributed by atoms with Crippen LogP contribution in [0.5, 0.6) is 0 Å². The molecule has 0 bridgehead atoms. The van der Waals surface area contributed by atoms with Crippen molar-refractivity contribution < 1.29 is 43.1 Å². The van der Waals surface area contributed by atoms with Crippen molar-refractivity contribution in [1.82, 2.24) is 0 Å². The third-order valence-electron chi connectivity index (χ3n) is 9.40. The van der Waals surface area contributed by atoms with Gasteiger partial charge in [-0.1, -0.05) is 74.3 Å². The van der Waals surface area contributed by atoms with Crippen LogP contribution in [0, 0.1) is 0 Å². The maximum Gasteiger partial charge on any atom is 0.169 e. The molecule has 4 nitrogen and oxygen atoms in total. The van der Waals surface area contributed by atoms with Gasteiger partial charge in [-0.2, -0.15) is 0 Å². The lowest BCUT2D eigenvalue weighted by atomic mass is 10.1. The molecule has 0 amide bonds. The second kappa shape index (κ2) is 24.8. The first-order valence-electron chi connectivity index (χ1n) is 18.7. The number of aryl methyl sites for hydroxylation is 2. The standard InChI is InChI=1S/C44H60N4.2BrH/c1-5-47(6-2)43-25-21-39(22-26-43)17-19-41-29-35-45(36-30-41)33-15-13-11-9-10-12-14-16-34-46-37-31-42(32-38-46)20-18-40-23-27-44(28-24-40)48(7-3)8-4;;/h17-32,35-38H,5-16,33-34H2,1-4H3;2*1H/q+2;;/p-2. The Bertz CT molecular complexity index is 1370. The van der Waals surface area contributed by atoms with Crippen molar-refractivity contribution in [2.45, 2.75) is 92.2 Å². The molecule has 6 heteroatoms. The molecule has 0 saturated carbocycles. The lowest BCUT2D eigenvalue weighted by Gasteiger charge is -2.20. The van der Waals surface area contributed by atoms with Crippen molar-refractivity contribution in [3.8, 4) is 0 Å². The monoisotopic (exact) mass is 802 g/mol. The summed E-state index contributed by atoms with van der Waals surface area (Å²) >= 11 is 0. The van der Waals surface area contributed by atoms with Gasteiger partial charge in [0.15, 0.2) is 24.8 Å². The van der Waals surface area contributed by atoms with Crippen LogP contribution in [0.1, 0.15) is 101 Å². The fraction of sp³-hybridized carbons (Fsp3) is 0.409. The molecule has 0 saturated heterocycles. The van der Waals surface area contributed by atoms with Crippen LogP contribution in [0.4, 0.5) is 11.4 Å². The van der Waals surface area contributed by atoms with Crippen molar-refractivity contribution in [2.24, 2.45) is 0 Å². The molecule has 50 heavy (non-hydrogen) atoms. The minimum atomic E-state index is 0. The zero-order chi connectivity index (χ0) is 33.8. The number of hydrogen-bond acceptors (Lipinski definition) is 2. The number of anilines is 2. The number of pyridine rings is 2. The van der Waals surface area contributed by atoms with Crippen molar-refractivity contribution in [2.75, 3.05) is 36.0 Å². The Labute approximate surface area is 325 Å². The molecule has 270 valence electrons. The van der Waals surface area contributed by atoms with E-state index in [0.717, 1.165) is 39.3 Å². The van der Waals surface area contributed by atoms with Gasteiger partial charge < -0.3 is 43.8 Å². The van der Waals surface area contributed by atoms with E-state index in [0.29, 0.717) is 0 Å². The van der Waals surface area contributed by atoms with Crippen LogP contribution >= 0.6 is 0 Å². The molecule has 0 aliphatic rings. The molecule has 0 fully saturated rings. The highest BCUT2D eigenvalue weighted by atomic mass is 79.9. The number of aromatic nitrogens is 2. The number of benzene rings is 2. The van der Waals surface area contributed by atoms with Gasteiger partial charge in [0.1, 0.15) is 13.1 Å². The number of nitrogens with zero attached hydrogens (tertiary/aromatic N) is 4. The van der Waals surface area contributed by atoms with Gasteiger partial charge in [-0.05, 0) is 87.1 Å². The third kappa shape index (κ3) is 14.9. The second-order valence-electron chi connectivity index (χ2n) is 12.8. The van der Waals surface area contributed by atoms with Crippen LogP contribution in [-0.4, -0.2) is 26.2 Å². The first-order valence-corrected chi connectivity index (χ1v) is 18.7. The predicted molar refractivity (Wildman–Crippen MR) is 208 cm³/mol. The summed E-state index contributed by atoms with van der Waals surface area (Å²) in [5.74, 6) is 0. The normalized spacial score (nSPS) is 11.0. The van der Waals surface area contributed by atoms with Crippen LogP contribution in [0.3, 0.4) is 0 Å². The Balaban J connectivity index is 0.00000433. The van der Waals surface area contributed by atoms with Gasteiger partial charge >= 0.3 is 0 Å². The van der Waals surface area contributed by atoms with E-state index in [1.54, 1.807) is 0 Å². The summed E-state index contributed by atoms with van der Waals surface area (Å²) in [7, 11) is 0. The summed E-state index contributed by atoms with van der Waals surface area (Å²) in [6.45, 7) is 15.2. The maximum atomic E-state index is 2.37. The van der Waals surface area contributed by atoms with E-state index in [-0.39, 0.29) is 34.0 Å². The number of halogens is 2. The van der Waals surface area contributed by atoms with Crippen LogP contribution in [-0.2, 0) is 13.1 Å². The number of hydrogen-bond donors (Lipinski definition) is 0. The molecule has 4 rings (SSSR count). The zero-order valence-corrected chi connectivity index (χ0v) is 34.2. The Kier molecular flexibility index (Phi) is 21.3. The minimum absolute atomic E-state index is 0. The van der Waals surface area contributed by atoms with E-state index >= 15 is 0 Å². The maximum absolute atomic E-state index is 2.37. The van der Waals surface area contributed by atoms with E-state index < -0.39 is 0 Å². The molecule has 0 atom stereocenters. The molecule has 2 aromatic heterocycles. The largest absolute Gasteiger partial charge is 1.00 e. The van der Waals surface area contributed by atoms with Crippen molar-refractivity contribution in [3.63, 3.8) is 0 Å². The van der Waals surface area contributed by atoms with Crippen LogP contribution < -0.4 is 52.9 Å². The van der Waals surface area contributed by atoms with E-state index in [9.17, 15) is 0 Å². The Morgan fingerprint density at radius 1 is 0.380 bits per heavy atom. The van der Waals surface area contributed by atoms with Crippen molar-refractivity contribution >= 4 is 35.7 Å². The average molecular weight is 805 g/mol. The minimum Gasteiger partial charge on any atom is -1.00 e. The zero-order valence-electron chi connectivity index (χ0n) is 31.0. The Hall–Kier alpha value is -3.22. The molecule has 2 aromatic carbocycles. The smallest absolute Gasteiger partial charge is 0.169 e. The summed E-state index contributed by atoms with van der Waals surface area (Å²) in [6, 6.07) is 26.6. The van der Waals surface area contributed by atoms with Crippen molar-refractivity contribution in [3.05, 3.63) is 120 Å². The fourth-order valence-electron chi connectivity index (χ4n) is 6.26. The van der Waals surface area contributed by atoms with Gasteiger partial charge in [-0.25, -0.2) is 9.13 Å². The highest BCUT2D eigenvalue weighted by Gasteiger charge is 2.04. The van der Waals surface area contributed by atoms with Gasteiger partial charge in [0, 0.05) is 74.7 Å². The highest BCUT2D eigenvalue weighted by Crippen LogP contribution is 2.18. The molecule has 2 heterocycles. The Morgan fingerprint density at radius 3 is 0.920 bits per heavy atom. The van der Waals surface area contributed by atoms with Gasteiger partial charge in [0.25, 0.3) is 0 Å². The van der Waals surface area contributed by atoms with Crippen molar-refractivity contribution in [1.29, 1.82) is 0 Å². The fourth-order valence-corrected chi connectivity index (χ4v) is 6.26. The summed E-state index contributed by atoms with van der Waals surface area (Å²) in [5, 5.41) is 0. The van der Waals surface area contributed by atoms with E-state index in [1.165, 1.54) is 85.0 Å². The lowest BCUT2D eigenvalue weighted by molar-refractivity contribution is -0.697. The first kappa shape index (κ1) is 42.9. The second-order valence-corrected chi connectivity index (χ2v) is 12.8. The summed E-state index contributed by atoms with van der Waals surface area (Å²) < 4.78 is 4.64. The van der Waals surface area contributed by atoms with Crippen LogP contribution in [0.25, 0.3) is 24.3 Å². The lowest BCUT2D eigenvalue weighted by Crippen LogP contribution is -3.00. The molecule has 0 unspecified atom stereocenters. The molecule has 0 spiro atoms. The SMILES string of the molecule is CCN(CC)c1ccc(/C=C/c2cc[n+](CCCCCCCCCC[n+]3ccc(/C=C/c4ccc(N(CC)CC)cc4)cc3)cc2)cc1.[Br-].[Br-].